The van der Waals surface area contributed by atoms with Crippen LogP contribution in [0.4, 0.5) is 4.79 Å². The Labute approximate surface area is 143 Å². The SMILES string of the molecule is O=C(NCc1nnnn1-c1ccc(Br)cc1)NC1CCCCC1. The van der Waals surface area contributed by atoms with Crippen molar-refractivity contribution in [1.82, 2.24) is 30.8 Å². The fraction of sp³-hybridized carbons (Fsp3) is 0.467. The van der Waals surface area contributed by atoms with Crippen LogP contribution in [0.3, 0.4) is 0 Å². The molecule has 1 fully saturated rings. The molecule has 3 rings (SSSR count). The molecule has 122 valence electrons. The van der Waals surface area contributed by atoms with Crippen LogP contribution in [0.5, 0.6) is 0 Å². The molecule has 1 heterocycles. The summed E-state index contributed by atoms with van der Waals surface area (Å²) in [6, 6.07) is 7.78. The first-order chi connectivity index (χ1) is 11.2. The molecule has 1 aliphatic carbocycles. The Hall–Kier alpha value is -1.96. The van der Waals surface area contributed by atoms with Crippen molar-refractivity contribution in [3.05, 3.63) is 34.6 Å². The predicted molar refractivity (Wildman–Crippen MR) is 89.1 cm³/mol. The van der Waals surface area contributed by atoms with E-state index in [9.17, 15) is 4.79 Å². The van der Waals surface area contributed by atoms with E-state index in [-0.39, 0.29) is 18.6 Å². The lowest BCUT2D eigenvalue weighted by Gasteiger charge is -2.22. The van der Waals surface area contributed by atoms with Crippen molar-refractivity contribution in [3.63, 3.8) is 0 Å². The van der Waals surface area contributed by atoms with Gasteiger partial charge in [-0.25, -0.2) is 4.79 Å². The molecular weight excluding hydrogens is 360 g/mol. The minimum Gasteiger partial charge on any atom is -0.335 e. The Morgan fingerprint density at radius 3 is 2.70 bits per heavy atom. The highest BCUT2D eigenvalue weighted by molar-refractivity contribution is 9.10. The van der Waals surface area contributed by atoms with Crippen LogP contribution in [0.2, 0.25) is 0 Å². The third-order valence-corrected chi connectivity index (χ3v) is 4.48. The number of hydrogen-bond acceptors (Lipinski definition) is 4. The van der Waals surface area contributed by atoms with E-state index in [1.165, 1.54) is 19.3 Å². The second-order valence-corrected chi connectivity index (χ2v) is 6.56. The summed E-state index contributed by atoms with van der Waals surface area (Å²) in [7, 11) is 0. The Kier molecular flexibility index (Phi) is 5.22. The third-order valence-electron chi connectivity index (χ3n) is 3.95. The van der Waals surface area contributed by atoms with Crippen molar-refractivity contribution in [2.24, 2.45) is 0 Å². The Morgan fingerprint density at radius 2 is 1.96 bits per heavy atom. The van der Waals surface area contributed by atoms with Gasteiger partial charge in [0.05, 0.1) is 12.2 Å². The summed E-state index contributed by atoms with van der Waals surface area (Å²) in [6.07, 6.45) is 5.76. The van der Waals surface area contributed by atoms with Crippen molar-refractivity contribution < 1.29 is 4.79 Å². The first-order valence-corrected chi connectivity index (χ1v) is 8.59. The minimum atomic E-state index is -0.165. The smallest absolute Gasteiger partial charge is 0.315 e. The molecule has 23 heavy (non-hydrogen) atoms. The Bertz CT molecular complexity index is 650. The fourth-order valence-electron chi connectivity index (χ4n) is 2.74. The molecular formula is C15H19BrN6O. The number of hydrogen-bond donors (Lipinski definition) is 2. The van der Waals surface area contributed by atoms with Crippen LogP contribution in [-0.2, 0) is 6.54 Å². The van der Waals surface area contributed by atoms with Gasteiger partial charge in [0.25, 0.3) is 0 Å². The van der Waals surface area contributed by atoms with Crippen molar-refractivity contribution in [2.45, 2.75) is 44.7 Å². The van der Waals surface area contributed by atoms with E-state index in [1.807, 2.05) is 24.3 Å². The summed E-state index contributed by atoms with van der Waals surface area (Å²) in [4.78, 5) is 12.0. The van der Waals surface area contributed by atoms with Crippen LogP contribution in [0.15, 0.2) is 28.7 Å². The van der Waals surface area contributed by atoms with Crippen LogP contribution < -0.4 is 10.6 Å². The largest absolute Gasteiger partial charge is 0.335 e. The number of carbonyl (C=O) groups is 1. The Balaban J connectivity index is 1.57. The Morgan fingerprint density at radius 1 is 1.22 bits per heavy atom. The summed E-state index contributed by atoms with van der Waals surface area (Å²) in [5, 5.41) is 17.5. The quantitative estimate of drug-likeness (QED) is 0.855. The minimum absolute atomic E-state index is 0.165. The molecule has 2 amide bonds. The number of aromatic nitrogens is 4. The normalized spacial score (nSPS) is 15.3. The molecule has 1 saturated carbocycles. The average Bonchev–Trinajstić information content (AvgIpc) is 3.03. The first-order valence-electron chi connectivity index (χ1n) is 7.80. The number of nitrogens with one attached hydrogen (secondary N) is 2. The molecule has 0 bridgehead atoms. The van der Waals surface area contributed by atoms with Gasteiger partial charge >= 0.3 is 6.03 Å². The molecule has 7 nitrogen and oxygen atoms in total. The summed E-state index contributed by atoms with van der Waals surface area (Å²) in [5.41, 5.74) is 0.850. The second kappa shape index (κ2) is 7.54. The molecule has 1 aliphatic rings. The average molecular weight is 379 g/mol. The highest BCUT2D eigenvalue weighted by atomic mass is 79.9. The maximum Gasteiger partial charge on any atom is 0.315 e. The van der Waals surface area contributed by atoms with E-state index >= 15 is 0 Å². The van der Waals surface area contributed by atoms with Gasteiger partial charge in [0.15, 0.2) is 5.82 Å². The molecule has 1 aromatic heterocycles. The summed E-state index contributed by atoms with van der Waals surface area (Å²) >= 11 is 3.40. The number of benzene rings is 1. The van der Waals surface area contributed by atoms with Gasteiger partial charge in [-0.1, -0.05) is 35.2 Å². The molecule has 1 aromatic carbocycles. The molecule has 0 unspecified atom stereocenters. The highest BCUT2D eigenvalue weighted by Crippen LogP contribution is 2.17. The number of tetrazole rings is 1. The van der Waals surface area contributed by atoms with Crippen molar-refractivity contribution in [2.75, 3.05) is 0 Å². The van der Waals surface area contributed by atoms with E-state index in [1.54, 1.807) is 4.68 Å². The topological polar surface area (TPSA) is 84.7 Å². The highest BCUT2D eigenvalue weighted by Gasteiger charge is 2.16. The van der Waals surface area contributed by atoms with Gasteiger partial charge in [0.2, 0.25) is 0 Å². The lowest BCUT2D eigenvalue weighted by molar-refractivity contribution is 0.232. The van der Waals surface area contributed by atoms with Crippen LogP contribution in [0.25, 0.3) is 5.69 Å². The molecule has 2 aromatic rings. The van der Waals surface area contributed by atoms with E-state index in [0.717, 1.165) is 23.0 Å². The standard InChI is InChI=1S/C15H19BrN6O/c16-11-6-8-13(9-7-11)22-14(19-20-21-22)10-17-15(23)18-12-4-2-1-3-5-12/h6-9,12H,1-5,10H2,(H2,17,18,23). The summed E-state index contributed by atoms with van der Waals surface area (Å²) in [5.74, 6) is 0.589. The molecule has 0 atom stereocenters. The van der Waals surface area contributed by atoms with Gasteiger partial charge in [-0.05, 0) is 47.5 Å². The van der Waals surface area contributed by atoms with Crippen molar-refractivity contribution >= 4 is 22.0 Å². The lowest BCUT2D eigenvalue weighted by Crippen LogP contribution is -2.42. The van der Waals surface area contributed by atoms with E-state index in [4.69, 9.17) is 0 Å². The van der Waals surface area contributed by atoms with Gasteiger partial charge < -0.3 is 10.6 Å². The number of urea groups is 1. The van der Waals surface area contributed by atoms with Crippen LogP contribution in [-0.4, -0.2) is 32.3 Å². The molecule has 0 spiro atoms. The number of nitrogens with zero attached hydrogens (tertiary/aromatic N) is 4. The van der Waals surface area contributed by atoms with Gasteiger partial charge in [-0.15, -0.1) is 5.10 Å². The summed E-state index contributed by atoms with van der Waals surface area (Å²) < 4.78 is 2.61. The first kappa shape index (κ1) is 15.9. The van der Waals surface area contributed by atoms with Crippen molar-refractivity contribution in [1.29, 1.82) is 0 Å². The van der Waals surface area contributed by atoms with Gasteiger partial charge in [0, 0.05) is 10.5 Å². The van der Waals surface area contributed by atoms with Crippen LogP contribution in [0.1, 0.15) is 37.9 Å². The van der Waals surface area contributed by atoms with Crippen molar-refractivity contribution in [3.8, 4) is 5.69 Å². The van der Waals surface area contributed by atoms with Crippen LogP contribution >= 0.6 is 15.9 Å². The number of amides is 2. The second-order valence-electron chi connectivity index (χ2n) is 5.65. The number of carbonyl (C=O) groups excluding carboxylic acids is 1. The summed E-state index contributed by atoms with van der Waals surface area (Å²) in [6.45, 7) is 0.279. The number of halogens is 1. The maximum atomic E-state index is 12.0. The molecule has 0 saturated heterocycles. The van der Waals surface area contributed by atoms with E-state index < -0.39 is 0 Å². The zero-order chi connectivity index (χ0) is 16.1. The van der Waals surface area contributed by atoms with E-state index in [0.29, 0.717) is 5.82 Å². The lowest BCUT2D eigenvalue weighted by atomic mass is 9.96. The van der Waals surface area contributed by atoms with Gasteiger partial charge in [-0.2, -0.15) is 4.68 Å². The molecule has 0 aliphatic heterocycles. The predicted octanol–water partition coefficient (Wildman–Crippen LogP) is 2.56. The molecule has 2 N–H and O–H groups in total. The fourth-order valence-corrected chi connectivity index (χ4v) is 3.01. The molecule has 0 radical (unpaired) electrons. The molecule has 8 heteroatoms. The van der Waals surface area contributed by atoms with E-state index in [2.05, 4.69) is 42.1 Å². The third kappa shape index (κ3) is 4.28. The number of rotatable bonds is 4. The zero-order valence-corrected chi connectivity index (χ0v) is 14.3. The zero-order valence-electron chi connectivity index (χ0n) is 12.7. The van der Waals surface area contributed by atoms with Gasteiger partial charge in [0.1, 0.15) is 0 Å². The van der Waals surface area contributed by atoms with Crippen LogP contribution in [0, 0.1) is 0 Å². The monoisotopic (exact) mass is 378 g/mol. The van der Waals surface area contributed by atoms with Gasteiger partial charge in [-0.3, -0.25) is 0 Å². The maximum absolute atomic E-state index is 12.0.